The van der Waals surface area contributed by atoms with Gasteiger partial charge in [0.2, 0.25) is 0 Å². The van der Waals surface area contributed by atoms with Gasteiger partial charge in [-0.05, 0) is 77.2 Å². The Morgan fingerprint density at radius 3 is 2.42 bits per heavy atom. The lowest BCUT2D eigenvalue weighted by Crippen LogP contribution is -2.30. The molecule has 3 N–H and O–H groups in total. The fourth-order valence-corrected chi connectivity index (χ4v) is 2.63. The monoisotopic (exact) mass is 366 g/mol. The van der Waals surface area contributed by atoms with Crippen molar-refractivity contribution in [3.05, 3.63) is 68.3 Å². The van der Waals surface area contributed by atoms with Crippen LogP contribution in [-0.2, 0) is 6.42 Å². The van der Waals surface area contributed by atoms with E-state index in [4.69, 9.17) is 5.84 Å². The summed E-state index contributed by atoms with van der Waals surface area (Å²) >= 11 is 2.32. The second-order valence-corrected chi connectivity index (χ2v) is 6.08. The summed E-state index contributed by atoms with van der Waals surface area (Å²) in [5.74, 6) is 5.75. The molecule has 0 bridgehead atoms. The number of hydrogen-bond acceptors (Lipinski definition) is 2. The van der Waals surface area contributed by atoms with E-state index in [1.54, 1.807) is 0 Å². The van der Waals surface area contributed by atoms with Crippen LogP contribution < -0.4 is 11.3 Å². The third kappa shape index (κ3) is 3.55. The fraction of sp³-hybridized carbons (Fsp3) is 0.250. The zero-order valence-electron chi connectivity index (χ0n) is 11.3. The second-order valence-electron chi connectivity index (χ2n) is 4.84. The predicted molar refractivity (Wildman–Crippen MR) is 88.8 cm³/mol. The lowest BCUT2D eigenvalue weighted by molar-refractivity contribution is 0.549. The van der Waals surface area contributed by atoms with Gasteiger partial charge in [-0.15, -0.1) is 0 Å². The molecule has 0 radical (unpaired) electrons. The minimum Gasteiger partial charge on any atom is -0.271 e. The first-order valence-electron chi connectivity index (χ1n) is 6.38. The first-order valence-corrected chi connectivity index (χ1v) is 7.46. The third-order valence-electron chi connectivity index (χ3n) is 3.58. The largest absolute Gasteiger partial charge is 0.271 e. The lowest BCUT2D eigenvalue weighted by atomic mass is 9.93. The number of hydrazine groups is 1. The van der Waals surface area contributed by atoms with E-state index in [1.165, 1.54) is 25.8 Å². The second kappa shape index (κ2) is 6.50. The van der Waals surface area contributed by atoms with Crippen molar-refractivity contribution in [2.75, 3.05) is 0 Å². The molecule has 100 valence electrons. The summed E-state index contributed by atoms with van der Waals surface area (Å²) in [4.78, 5) is 0. The van der Waals surface area contributed by atoms with Crippen molar-refractivity contribution in [3.63, 3.8) is 0 Å². The smallest absolute Gasteiger partial charge is 0.0503 e. The summed E-state index contributed by atoms with van der Waals surface area (Å²) in [6, 6.07) is 15.1. The SMILES string of the molecule is Cc1cccc(C(Cc2ccc(I)cc2)NN)c1C. The summed E-state index contributed by atoms with van der Waals surface area (Å²) in [5, 5.41) is 0. The maximum absolute atomic E-state index is 5.75. The molecule has 2 rings (SSSR count). The van der Waals surface area contributed by atoms with Gasteiger partial charge in [-0.2, -0.15) is 0 Å². The van der Waals surface area contributed by atoms with E-state index in [9.17, 15) is 0 Å². The van der Waals surface area contributed by atoms with E-state index in [0.29, 0.717) is 0 Å². The molecule has 0 aliphatic heterocycles. The Morgan fingerprint density at radius 2 is 1.79 bits per heavy atom. The first kappa shape index (κ1) is 14.5. The number of nitrogens with two attached hydrogens (primary N) is 1. The van der Waals surface area contributed by atoms with Crippen LogP contribution in [0.1, 0.15) is 28.3 Å². The highest BCUT2D eigenvalue weighted by Crippen LogP contribution is 2.23. The molecule has 0 saturated carbocycles. The minimum atomic E-state index is 0.153. The topological polar surface area (TPSA) is 38.0 Å². The summed E-state index contributed by atoms with van der Waals surface area (Å²) in [5.41, 5.74) is 8.14. The molecule has 19 heavy (non-hydrogen) atoms. The molecule has 3 heteroatoms. The minimum absolute atomic E-state index is 0.153. The summed E-state index contributed by atoms with van der Waals surface area (Å²) in [6.07, 6.45) is 0.901. The Bertz CT molecular complexity index is 549. The van der Waals surface area contributed by atoms with Crippen molar-refractivity contribution >= 4 is 22.6 Å². The van der Waals surface area contributed by atoms with Crippen molar-refractivity contribution in [1.82, 2.24) is 5.43 Å². The van der Waals surface area contributed by atoms with E-state index in [1.807, 2.05) is 0 Å². The van der Waals surface area contributed by atoms with Gasteiger partial charge in [0, 0.05) is 3.57 Å². The highest BCUT2D eigenvalue weighted by Gasteiger charge is 2.13. The molecular formula is C16H19IN2. The number of halogens is 1. The maximum atomic E-state index is 5.75. The molecule has 0 aromatic heterocycles. The number of hydrogen-bond donors (Lipinski definition) is 2. The van der Waals surface area contributed by atoms with Crippen molar-refractivity contribution in [1.29, 1.82) is 0 Å². The fourth-order valence-electron chi connectivity index (χ4n) is 2.27. The van der Waals surface area contributed by atoms with Gasteiger partial charge >= 0.3 is 0 Å². The van der Waals surface area contributed by atoms with Crippen LogP contribution in [0.15, 0.2) is 42.5 Å². The molecule has 0 aliphatic rings. The Hall–Kier alpha value is -0.910. The number of aryl methyl sites for hydroxylation is 1. The van der Waals surface area contributed by atoms with Crippen LogP contribution >= 0.6 is 22.6 Å². The molecule has 0 amide bonds. The molecule has 1 atom stereocenters. The molecule has 0 aliphatic carbocycles. The average Bonchev–Trinajstić information content (AvgIpc) is 2.42. The van der Waals surface area contributed by atoms with Crippen LogP contribution in [0.2, 0.25) is 0 Å². The van der Waals surface area contributed by atoms with Crippen molar-refractivity contribution in [3.8, 4) is 0 Å². The summed E-state index contributed by atoms with van der Waals surface area (Å²) in [6.45, 7) is 4.29. The quantitative estimate of drug-likeness (QED) is 0.493. The predicted octanol–water partition coefficient (Wildman–Crippen LogP) is 3.66. The highest BCUT2D eigenvalue weighted by atomic mass is 127. The Balaban J connectivity index is 2.25. The van der Waals surface area contributed by atoms with Crippen LogP contribution in [0, 0.1) is 17.4 Å². The molecular weight excluding hydrogens is 347 g/mol. The normalized spacial score (nSPS) is 12.4. The first-order chi connectivity index (χ1) is 9.11. The van der Waals surface area contributed by atoms with Gasteiger partial charge in [0.15, 0.2) is 0 Å². The van der Waals surface area contributed by atoms with Crippen LogP contribution in [0.4, 0.5) is 0 Å². The molecule has 2 aromatic carbocycles. The Labute approximate surface area is 128 Å². The standard InChI is InChI=1S/C16H19IN2/c1-11-4-3-5-15(12(11)2)16(19-18)10-13-6-8-14(17)9-7-13/h3-9,16,19H,10,18H2,1-2H3. The van der Waals surface area contributed by atoms with Crippen LogP contribution in [0.25, 0.3) is 0 Å². The lowest BCUT2D eigenvalue weighted by Gasteiger charge is -2.20. The zero-order valence-corrected chi connectivity index (χ0v) is 13.4. The van der Waals surface area contributed by atoms with Crippen LogP contribution in [0.5, 0.6) is 0 Å². The maximum Gasteiger partial charge on any atom is 0.0503 e. The average molecular weight is 366 g/mol. The molecule has 2 nitrogen and oxygen atoms in total. The Morgan fingerprint density at radius 1 is 1.11 bits per heavy atom. The van der Waals surface area contributed by atoms with E-state index in [-0.39, 0.29) is 6.04 Å². The van der Waals surface area contributed by atoms with Gasteiger partial charge in [-0.1, -0.05) is 30.3 Å². The third-order valence-corrected chi connectivity index (χ3v) is 4.30. The number of nitrogens with one attached hydrogen (secondary N) is 1. The van der Waals surface area contributed by atoms with Gasteiger partial charge in [0.25, 0.3) is 0 Å². The zero-order chi connectivity index (χ0) is 13.8. The molecule has 0 saturated heterocycles. The number of rotatable bonds is 4. The van der Waals surface area contributed by atoms with Gasteiger partial charge < -0.3 is 0 Å². The van der Waals surface area contributed by atoms with Gasteiger partial charge in [-0.3, -0.25) is 11.3 Å². The van der Waals surface area contributed by atoms with Crippen LogP contribution in [-0.4, -0.2) is 0 Å². The highest BCUT2D eigenvalue weighted by molar-refractivity contribution is 14.1. The van der Waals surface area contributed by atoms with Crippen LogP contribution in [0.3, 0.4) is 0 Å². The Kier molecular flexibility index (Phi) is 4.96. The molecule has 0 fully saturated rings. The van der Waals surface area contributed by atoms with Crippen molar-refractivity contribution in [2.24, 2.45) is 5.84 Å². The van der Waals surface area contributed by atoms with Crippen molar-refractivity contribution in [2.45, 2.75) is 26.3 Å². The van der Waals surface area contributed by atoms with Gasteiger partial charge in [0.1, 0.15) is 0 Å². The summed E-state index contributed by atoms with van der Waals surface area (Å²) < 4.78 is 1.25. The van der Waals surface area contributed by atoms with E-state index >= 15 is 0 Å². The molecule has 0 spiro atoms. The van der Waals surface area contributed by atoms with E-state index in [0.717, 1.165) is 6.42 Å². The van der Waals surface area contributed by atoms with Gasteiger partial charge in [0.05, 0.1) is 6.04 Å². The van der Waals surface area contributed by atoms with Gasteiger partial charge in [-0.25, -0.2) is 0 Å². The summed E-state index contributed by atoms with van der Waals surface area (Å²) in [7, 11) is 0. The number of benzene rings is 2. The molecule has 2 aromatic rings. The van der Waals surface area contributed by atoms with E-state index in [2.05, 4.69) is 84.3 Å². The van der Waals surface area contributed by atoms with Crippen molar-refractivity contribution < 1.29 is 0 Å². The molecule has 0 heterocycles. The van der Waals surface area contributed by atoms with E-state index < -0.39 is 0 Å². The molecule has 1 unspecified atom stereocenters.